The summed E-state index contributed by atoms with van der Waals surface area (Å²) in [4.78, 5) is 17.0. The first kappa shape index (κ1) is 18.8. The maximum absolute atomic E-state index is 13.4. The molecule has 0 radical (unpaired) electrons. The lowest BCUT2D eigenvalue weighted by atomic mass is 9.98. The van der Waals surface area contributed by atoms with Crippen molar-refractivity contribution in [1.82, 2.24) is 15.5 Å². The van der Waals surface area contributed by atoms with E-state index in [0.29, 0.717) is 11.7 Å². The number of hydrogen-bond donors (Lipinski definition) is 1. The van der Waals surface area contributed by atoms with Gasteiger partial charge in [-0.05, 0) is 37.1 Å². The number of nitrogens with zero attached hydrogens (tertiary/aromatic N) is 2. The van der Waals surface area contributed by atoms with Gasteiger partial charge in [0, 0.05) is 11.1 Å². The van der Waals surface area contributed by atoms with Gasteiger partial charge in [0.25, 0.3) is 5.91 Å². The maximum Gasteiger partial charge on any atom is 0.252 e. The van der Waals surface area contributed by atoms with Crippen molar-refractivity contribution in [1.29, 1.82) is 0 Å². The molecule has 0 aliphatic carbocycles. The summed E-state index contributed by atoms with van der Waals surface area (Å²) in [5.74, 6) is 0.0401. The Hall–Kier alpha value is -3.02. The number of rotatable bonds is 6. The molecule has 27 heavy (non-hydrogen) atoms. The first-order chi connectivity index (χ1) is 13.0. The van der Waals surface area contributed by atoms with Crippen LogP contribution in [0.1, 0.15) is 48.1 Å². The molecule has 0 aliphatic rings. The molecule has 0 aliphatic heterocycles. The highest BCUT2D eigenvalue weighted by Crippen LogP contribution is 2.26. The summed E-state index contributed by atoms with van der Waals surface area (Å²) in [5, 5.41) is 6.96. The number of carbonyl (C=O) groups is 1. The molecule has 0 unspecified atom stereocenters. The van der Waals surface area contributed by atoms with Crippen molar-refractivity contribution in [2.45, 2.75) is 33.2 Å². The normalized spacial score (nSPS) is 13.2. The van der Waals surface area contributed by atoms with Gasteiger partial charge in [0.2, 0.25) is 11.7 Å². The van der Waals surface area contributed by atoms with E-state index in [1.54, 1.807) is 6.07 Å². The summed E-state index contributed by atoms with van der Waals surface area (Å²) in [5.41, 5.74) is 2.20. The predicted octanol–water partition coefficient (Wildman–Crippen LogP) is 4.70. The summed E-state index contributed by atoms with van der Waals surface area (Å²) < 4.78 is 18.9. The lowest BCUT2D eigenvalue weighted by Gasteiger charge is -2.20. The first-order valence-electron chi connectivity index (χ1n) is 8.95. The third-order valence-electron chi connectivity index (χ3n) is 4.57. The second kappa shape index (κ2) is 8.12. The number of benzene rings is 2. The second-order valence-corrected chi connectivity index (χ2v) is 6.67. The van der Waals surface area contributed by atoms with Gasteiger partial charge in [0.15, 0.2) is 0 Å². The number of carbonyl (C=O) groups excluding carboxylic acids is 1. The summed E-state index contributed by atoms with van der Waals surface area (Å²) in [7, 11) is 0. The molecule has 2 aromatic carbocycles. The van der Waals surface area contributed by atoms with Gasteiger partial charge in [-0.3, -0.25) is 4.79 Å². The lowest BCUT2D eigenvalue weighted by molar-refractivity contribution is 0.0909. The van der Waals surface area contributed by atoms with E-state index in [2.05, 4.69) is 15.5 Å². The molecule has 5 nitrogen and oxygen atoms in total. The summed E-state index contributed by atoms with van der Waals surface area (Å²) in [6, 6.07) is 12.9. The average molecular weight is 367 g/mol. The zero-order valence-corrected chi connectivity index (χ0v) is 15.6. The summed E-state index contributed by atoms with van der Waals surface area (Å²) in [6.45, 7) is 6.00. The van der Waals surface area contributed by atoms with Crippen LogP contribution in [0.5, 0.6) is 0 Å². The standard InChI is InChI=1S/C21H22FN3O2/c1-4-14(3)18(23-20(26)16-9-6-10-17(22)12-16)21-24-19(25-27-21)15-8-5-7-13(2)11-15/h5-12,14,18H,4H2,1-3H3,(H,23,26)/t14-,18+/m0/s1. The fraction of sp³-hybridized carbons (Fsp3) is 0.286. The molecule has 0 bridgehead atoms. The van der Waals surface area contributed by atoms with Crippen molar-refractivity contribution in [3.63, 3.8) is 0 Å². The van der Waals surface area contributed by atoms with Gasteiger partial charge in [0.05, 0.1) is 0 Å². The van der Waals surface area contributed by atoms with E-state index in [4.69, 9.17) is 4.52 Å². The van der Waals surface area contributed by atoms with Crippen molar-refractivity contribution in [2.24, 2.45) is 5.92 Å². The van der Waals surface area contributed by atoms with E-state index in [1.807, 2.05) is 45.0 Å². The first-order valence-corrected chi connectivity index (χ1v) is 8.95. The van der Waals surface area contributed by atoms with E-state index in [0.717, 1.165) is 17.5 Å². The zero-order valence-electron chi connectivity index (χ0n) is 15.6. The van der Waals surface area contributed by atoms with Gasteiger partial charge in [-0.2, -0.15) is 4.98 Å². The monoisotopic (exact) mass is 367 g/mol. The SMILES string of the molecule is CC[C@H](C)[C@@H](NC(=O)c1cccc(F)c1)c1nc(-c2cccc(C)c2)no1. The molecule has 0 fully saturated rings. The highest BCUT2D eigenvalue weighted by atomic mass is 19.1. The predicted molar refractivity (Wildman–Crippen MR) is 101 cm³/mol. The Labute approximate surface area is 157 Å². The zero-order chi connectivity index (χ0) is 19.4. The minimum absolute atomic E-state index is 0.0633. The lowest BCUT2D eigenvalue weighted by Crippen LogP contribution is -2.32. The molecule has 1 heterocycles. The molecule has 2 atom stereocenters. The largest absolute Gasteiger partial charge is 0.340 e. The van der Waals surface area contributed by atoms with Crippen LogP contribution in [-0.2, 0) is 0 Å². The third kappa shape index (κ3) is 4.39. The number of aryl methyl sites for hydroxylation is 1. The molecule has 140 valence electrons. The summed E-state index contributed by atoms with van der Waals surface area (Å²) in [6.07, 6.45) is 0.802. The van der Waals surface area contributed by atoms with Crippen LogP contribution in [0.25, 0.3) is 11.4 Å². The molecule has 1 amide bonds. The van der Waals surface area contributed by atoms with Crippen LogP contribution >= 0.6 is 0 Å². The van der Waals surface area contributed by atoms with Crippen molar-refractivity contribution >= 4 is 5.91 Å². The van der Waals surface area contributed by atoms with Gasteiger partial charge in [0.1, 0.15) is 11.9 Å². The maximum atomic E-state index is 13.4. The van der Waals surface area contributed by atoms with E-state index in [-0.39, 0.29) is 17.4 Å². The van der Waals surface area contributed by atoms with Crippen LogP contribution in [0, 0.1) is 18.7 Å². The topological polar surface area (TPSA) is 68.0 Å². The Morgan fingerprint density at radius 3 is 2.70 bits per heavy atom. The molecule has 6 heteroatoms. The molecular weight excluding hydrogens is 345 g/mol. The quantitative estimate of drug-likeness (QED) is 0.686. The van der Waals surface area contributed by atoms with E-state index in [1.165, 1.54) is 18.2 Å². The van der Waals surface area contributed by atoms with Gasteiger partial charge in [-0.15, -0.1) is 0 Å². The molecule has 3 aromatic rings. The Bertz CT molecular complexity index is 938. The highest BCUT2D eigenvalue weighted by molar-refractivity contribution is 5.94. The molecule has 0 spiro atoms. The fourth-order valence-corrected chi connectivity index (χ4v) is 2.80. The van der Waals surface area contributed by atoms with Gasteiger partial charge in [-0.25, -0.2) is 4.39 Å². The van der Waals surface area contributed by atoms with Crippen molar-refractivity contribution in [2.75, 3.05) is 0 Å². The second-order valence-electron chi connectivity index (χ2n) is 6.67. The number of amides is 1. The van der Waals surface area contributed by atoms with Crippen LogP contribution in [0.4, 0.5) is 4.39 Å². The molecule has 1 N–H and O–H groups in total. The Kier molecular flexibility index (Phi) is 5.64. The minimum atomic E-state index is -0.461. The molecular formula is C21H22FN3O2. The number of hydrogen-bond acceptors (Lipinski definition) is 4. The Morgan fingerprint density at radius 1 is 1.22 bits per heavy atom. The Balaban J connectivity index is 1.86. The van der Waals surface area contributed by atoms with Crippen LogP contribution in [0.3, 0.4) is 0 Å². The van der Waals surface area contributed by atoms with Crippen LogP contribution in [0.15, 0.2) is 53.1 Å². The van der Waals surface area contributed by atoms with Crippen molar-refractivity contribution < 1.29 is 13.7 Å². The van der Waals surface area contributed by atoms with Crippen LogP contribution < -0.4 is 5.32 Å². The van der Waals surface area contributed by atoms with Crippen molar-refractivity contribution in [3.05, 3.63) is 71.4 Å². The molecule has 0 saturated heterocycles. The Morgan fingerprint density at radius 2 is 2.00 bits per heavy atom. The molecule has 1 aromatic heterocycles. The van der Waals surface area contributed by atoms with E-state index >= 15 is 0 Å². The number of halogens is 1. The number of aromatic nitrogens is 2. The van der Waals surface area contributed by atoms with Gasteiger partial charge in [-0.1, -0.05) is 55.3 Å². The molecule has 3 rings (SSSR count). The fourth-order valence-electron chi connectivity index (χ4n) is 2.80. The smallest absolute Gasteiger partial charge is 0.252 e. The van der Waals surface area contributed by atoms with Crippen molar-refractivity contribution in [3.8, 4) is 11.4 Å². The molecule has 0 saturated carbocycles. The number of nitrogens with one attached hydrogen (secondary N) is 1. The van der Waals surface area contributed by atoms with E-state index in [9.17, 15) is 9.18 Å². The average Bonchev–Trinajstić information content (AvgIpc) is 3.15. The highest BCUT2D eigenvalue weighted by Gasteiger charge is 2.27. The van der Waals surface area contributed by atoms with E-state index < -0.39 is 11.9 Å². The minimum Gasteiger partial charge on any atom is -0.340 e. The van der Waals surface area contributed by atoms with Gasteiger partial charge >= 0.3 is 0 Å². The summed E-state index contributed by atoms with van der Waals surface area (Å²) >= 11 is 0. The van der Waals surface area contributed by atoms with Crippen LogP contribution in [0.2, 0.25) is 0 Å². The third-order valence-corrected chi connectivity index (χ3v) is 4.57. The van der Waals surface area contributed by atoms with Crippen LogP contribution in [-0.4, -0.2) is 16.0 Å². The van der Waals surface area contributed by atoms with Gasteiger partial charge < -0.3 is 9.84 Å².